The van der Waals surface area contributed by atoms with Crippen molar-refractivity contribution in [2.24, 2.45) is 5.92 Å². The second-order valence-electron chi connectivity index (χ2n) is 9.84. The number of nitrogens with zero attached hydrogens (tertiary/aromatic N) is 1. The molecule has 6 rings (SSSR count). The van der Waals surface area contributed by atoms with Crippen LogP contribution in [-0.4, -0.2) is 34.6 Å². The van der Waals surface area contributed by atoms with Gasteiger partial charge in [-0.2, -0.15) is 13.2 Å². The zero-order valence-electron chi connectivity index (χ0n) is 22.0. The van der Waals surface area contributed by atoms with Crippen molar-refractivity contribution in [3.8, 4) is 5.75 Å². The number of alkyl halides is 3. The number of aromatic amines is 1. The summed E-state index contributed by atoms with van der Waals surface area (Å²) in [5.74, 6) is -4.25. The number of imide groups is 1. The molecule has 15 heteroatoms. The number of halogens is 5. The van der Waals surface area contributed by atoms with Crippen LogP contribution in [0.2, 0.25) is 5.02 Å². The molecule has 8 nitrogen and oxygen atoms in total. The predicted octanol–water partition coefficient (Wildman–Crippen LogP) is 6.06. The lowest BCUT2D eigenvalue weighted by Crippen LogP contribution is -2.32. The Balaban J connectivity index is 1.33. The number of hydrogen-bond donors (Lipinski definition) is 2. The summed E-state index contributed by atoms with van der Waals surface area (Å²) in [6.45, 7) is -0.620. The highest BCUT2D eigenvalue weighted by atomic mass is 35.5. The highest BCUT2D eigenvalue weighted by Gasteiger charge is 2.57. The average molecular weight is 664 g/mol. The monoisotopic (exact) mass is 663 g/mol. The lowest BCUT2D eigenvalue weighted by molar-refractivity contribution is -0.137. The molecule has 2 aliphatic heterocycles. The van der Waals surface area contributed by atoms with Crippen molar-refractivity contribution in [3.05, 3.63) is 103 Å². The fourth-order valence-corrected chi connectivity index (χ4v) is 7.89. The van der Waals surface area contributed by atoms with Gasteiger partial charge in [0.15, 0.2) is 6.61 Å². The first-order chi connectivity index (χ1) is 20.9. The molecule has 3 heterocycles. The van der Waals surface area contributed by atoms with Crippen LogP contribution in [0.4, 0.5) is 28.9 Å². The van der Waals surface area contributed by atoms with Gasteiger partial charge in [-0.3, -0.25) is 19.2 Å². The van der Waals surface area contributed by atoms with Gasteiger partial charge in [0, 0.05) is 27.1 Å². The van der Waals surface area contributed by atoms with Crippen molar-refractivity contribution in [3.63, 3.8) is 0 Å². The zero-order valence-corrected chi connectivity index (χ0v) is 24.4. The molecule has 0 radical (unpaired) electrons. The number of H-pyrrole nitrogens is 1. The number of rotatable bonds is 6. The van der Waals surface area contributed by atoms with Crippen LogP contribution in [0.5, 0.6) is 5.75 Å². The van der Waals surface area contributed by atoms with E-state index in [9.17, 15) is 36.7 Å². The Hall–Kier alpha value is -4.14. The zero-order chi connectivity index (χ0) is 31.3. The normalized spacial score (nSPS) is 19.5. The number of thiazole rings is 1. The first kappa shape index (κ1) is 29.9. The maximum Gasteiger partial charge on any atom is 0.416 e. The molecule has 2 N–H and O–H groups in total. The van der Waals surface area contributed by atoms with Crippen molar-refractivity contribution in [1.29, 1.82) is 0 Å². The second kappa shape index (κ2) is 11.4. The molecule has 3 amide bonds. The number of carbonyl (C=O) groups excluding carboxylic acids is 3. The number of nitrogens with one attached hydrogen (secondary N) is 2. The van der Waals surface area contributed by atoms with Crippen molar-refractivity contribution in [1.82, 2.24) is 4.98 Å². The Labute approximate surface area is 259 Å². The predicted molar refractivity (Wildman–Crippen MR) is 156 cm³/mol. The third-order valence-corrected chi connectivity index (χ3v) is 9.68. The van der Waals surface area contributed by atoms with Crippen LogP contribution in [0.15, 0.2) is 76.6 Å². The summed E-state index contributed by atoms with van der Waals surface area (Å²) < 4.78 is 58.6. The number of benzene rings is 3. The second-order valence-corrected chi connectivity index (χ2v) is 12.4. The number of aromatic nitrogens is 1. The number of thioether (sulfide) groups is 1. The van der Waals surface area contributed by atoms with Gasteiger partial charge < -0.3 is 15.0 Å². The fourth-order valence-electron chi connectivity index (χ4n) is 5.20. The number of ether oxygens (including phenoxy) is 1. The number of fused-ring (bicyclic) bond motifs is 2. The molecule has 3 aromatic carbocycles. The van der Waals surface area contributed by atoms with Crippen LogP contribution in [0, 0.1) is 11.7 Å². The highest BCUT2D eigenvalue weighted by Crippen LogP contribution is 2.54. The van der Waals surface area contributed by atoms with Crippen LogP contribution in [0.3, 0.4) is 0 Å². The van der Waals surface area contributed by atoms with Gasteiger partial charge in [0.25, 0.3) is 5.91 Å². The SMILES string of the molecule is O=C(COc1ccc(Cl)cc1[C@H]1c2sc(=O)[nH]c2SC2C(=O)N(c3ccc(F)cc3)C(=O)C21)Nc1cccc(C(F)(F)F)c1. The number of amides is 3. The molecule has 1 fully saturated rings. The highest BCUT2D eigenvalue weighted by molar-refractivity contribution is 8.00. The summed E-state index contributed by atoms with van der Waals surface area (Å²) in [5, 5.41) is 2.04. The molecule has 4 aromatic rings. The Bertz CT molecular complexity index is 1860. The van der Waals surface area contributed by atoms with Gasteiger partial charge in [-0.25, -0.2) is 9.29 Å². The molecule has 2 unspecified atom stereocenters. The van der Waals surface area contributed by atoms with Crippen LogP contribution in [0.1, 0.15) is 21.9 Å². The summed E-state index contributed by atoms with van der Waals surface area (Å²) in [6, 6.07) is 13.4. The topological polar surface area (TPSA) is 109 Å². The van der Waals surface area contributed by atoms with E-state index in [-0.39, 0.29) is 22.1 Å². The Morgan fingerprint density at radius 3 is 2.50 bits per heavy atom. The molecule has 0 spiro atoms. The van der Waals surface area contributed by atoms with E-state index in [1.165, 1.54) is 36.4 Å². The molecule has 0 saturated carbocycles. The average Bonchev–Trinajstić information content (AvgIpc) is 3.46. The first-order valence-corrected chi connectivity index (χ1v) is 14.9. The third kappa shape index (κ3) is 5.60. The molecule has 44 heavy (non-hydrogen) atoms. The maximum absolute atomic E-state index is 13.9. The van der Waals surface area contributed by atoms with E-state index >= 15 is 0 Å². The maximum atomic E-state index is 13.9. The molecular weight excluding hydrogens is 646 g/mol. The lowest BCUT2D eigenvalue weighted by atomic mass is 9.82. The van der Waals surface area contributed by atoms with Crippen LogP contribution in [-0.2, 0) is 20.6 Å². The van der Waals surface area contributed by atoms with Gasteiger partial charge in [0.1, 0.15) is 16.8 Å². The summed E-state index contributed by atoms with van der Waals surface area (Å²) in [5.41, 5.74) is -0.526. The van der Waals surface area contributed by atoms with Crippen LogP contribution < -0.4 is 19.8 Å². The fraction of sp³-hybridized carbons (Fsp3) is 0.172. The van der Waals surface area contributed by atoms with Crippen molar-refractivity contribution in [2.75, 3.05) is 16.8 Å². The Morgan fingerprint density at radius 1 is 1.02 bits per heavy atom. The number of anilines is 2. The molecule has 1 saturated heterocycles. The summed E-state index contributed by atoms with van der Waals surface area (Å²) in [7, 11) is 0. The summed E-state index contributed by atoms with van der Waals surface area (Å²) >= 11 is 8.24. The minimum Gasteiger partial charge on any atom is -0.483 e. The quantitative estimate of drug-likeness (QED) is 0.192. The van der Waals surface area contributed by atoms with E-state index in [1.807, 2.05) is 0 Å². The van der Waals surface area contributed by atoms with Gasteiger partial charge in [0.2, 0.25) is 11.8 Å². The van der Waals surface area contributed by atoms with Crippen LogP contribution in [0.25, 0.3) is 0 Å². The van der Waals surface area contributed by atoms with E-state index in [0.717, 1.165) is 58.3 Å². The third-order valence-electron chi connectivity index (χ3n) is 7.05. The largest absolute Gasteiger partial charge is 0.483 e. The van der Waals surface area contributed by atoms with E-state index in [2.05, 4.69) is 10.3 Å². The van der Waals surface area contributed by atoms with Gasteiger partial charge in [-0.05, 0) is 60.7 Å². The van der Waals surface area contributed by atoms with Crippen LogP contribution >= 0.6 is 34.7 Å². The van der Waals surface area contributed by atoms with Crippen molar-refractivity contribution >= 4 is 63.8 Å². The van der Waals surface area contributed by atoms with Crippen molar-refractivity contribution < 1.29 is 36.7 Å². The van der Waals surface area contributed by atoms with E-state index < -0.39 is 63.8 Å². The van der Waals surface area contributed by atoms with E-state index in [0.29, 0.717) is 15.5 Å². The molecule has 0 aliphatic carbocycles. The molecule has 226 valence electrons. The molecular formula is C29H18ClF4N3O5S2. The van der Waals surface area contributed by atoms with E-state index in [1.54, 1.807) is 0 Å². The van der Waals surface area contributed by atoms with Gasteiger partial charge in [0.05, 0.1) is 22.2 Å². The van der Waals surface area contributed by atoms with Gasteiger partial charge in [-0.1, -0.05) is 40.8 Å². The Morgan fingerprint density at radius 2 is 1.77 bits per heavy atom. The lowest BCUT2D eigenvalue weighted by Gasteiger charge is -2.31. The van der Waals surface area contributed by atoms with E-state index in [4.69, 9.17) is 16.3 Å². The van der Waals surface area contributed by atoms with Gasteiger partial charge >= 0.3 is 11.0 Å². The standard InChI is InChI=1S/C29H18ClF4N3O5S2/c30-14-4-9-19(42-12-20(38)35-16-3-1-2-13(10-16)29(32,33)34)18(11-14)21-22-24(43-25-23(21)44-28(41)36-25)27(40)37(26(22)39)17-7-5-15(31)6-8-17/h1-11,21-22,24H,12H2,(H,35,38)(H,36,41)/t21-,22?,24?/m1/s1. The van der Waals surface area contributed by atoms with Gasteiger partial charge in [-0.15, -0.1) is 0 Å². The number of hydrogen-bond acceptors (Lipinski definition) is 7. The molecule has 2 aliphatic rings. The van der Waals surface area contributed by atoms with Crippen molar-refractivity contribution in [2.45, 2.75) is 22.4 Å². The minimum atomic E-state index is -4.60. The minimum absolute atomic E-state index is 0.0883. The Kier molecular flexibility index (Phi) is 7.76. The first-order valence-electron chi connectivity index (χ1n) is 12.8. The molecule has 0 bridgehead atoms. The smallest absolute Gasteiger partial charge is 0.416 e. The molecule has 3 atom stereocenters. The molecule has 1 aromatic heterocycles. The summed E-state index contributed by atoms with van der Waals surface area (Å²) in [6.07, 6.45) is -4.60. The summed E-state index contributed by atoms with van der Waals surface area (Å²) in [4.78, 5) is 56.3. The number of carbonyl (C=O) groups is 3.